The summed E-state index contributed by atoms with van der Waals surface area (Å²) in [6.07, 6.45) is 5.94. The molecular formula is C8H14NO3+. The van der Waals surface area contributed by atoms with Crippen molar-refractivity contribution in [3.63, 3.8) is 0 Å². The third kappa shape index (κ3) is 3.43. The van der Waals surface area contributed by atoms with E-state index in [1.807, 2.05) is 0 Å². The second-order valence-corrected chi connectivity index (χ2v) is 2.27. The Hall–Kier alpha value is -0.970. The molecule has 68 valence electrons. The van der Waals surface area contributed by atoms with Gasteiger partial charge in [0.1, 0.15) is 6.54 Å². The van der Waals surface area contributed by atoms with Gasteiger partial charge in [-0.15, -0.1) is 0 Å². The van der Waals surface area contributed by atoms with Gasteiger partial charge < -0.3 is 0 Å². The van der Waals surface area contributed by atoms with Crippen molar-refractivity contribution in [2.24, 2.45) is 0 Å². The smallest absolute Gasteiger partial charge is 0.219 e. The molecule has 0 aromatic carbocycles. The van der Waals surface area contributed by atoms with Crippen LogP contribution >= 0.6 is 0 Å². The van der Waals surface area contributed by atoms with Crippen LogP contribution in [0.1, 0.15) is 13.8 Å². The monoisotopic (exact) mass is 172 g/mol. The van der Waals surface area contributed by atoms with Gasteiger partial charge in [0.2, 0.25) is 0 Å². The Morgan fingerprint density at radius 2 is 2.00 bits per heavy atom. The molecule has 2 N–H and O–H groups in total. The topological polar surface area (TPSA) is 57.5 Å². The van der Waals surface area contributed by atoms with E-state index >= 15 is 0 Å². The lowest BCUT2D eigenvalue weighted by atomic mass is 10.4. The number of likely N-dealkylation sites (N-methyl/N-ethyl adjacent to an activating group) is 1. The number of hydrogen-bond donors (Lipinski definition) is 2. The number of rotatable bonds is 3. The molecule has 0 atom stereocenters. The molecule has 0 spiro atoms. The van der Waals surface area contributed by atoms with Gasteiger partial charge in [-0.1, -0.05) is 18.2 Å². The van der Waals surface area contributed by atoms with E-state index in [2.05, 4.69) is 0 Å². The summed E-state index contributed by atoms with van der Waals surface area (Å²) in [5.74, 6) is -0.754. The van der Waals surface area contributed by atoms with Crippen molar-refractivity contribution in [1.82, 2.24) is 0 Å². The van der Waals surface area contributed by atoms with Crippen LogP contribution in [0.4, 0.5) is 0 Å². The van der Waals surface area contributed by atoms with Crippen molar-refractivity contribution in [3.05, 3.63) is 24.3 Å². The normalized spacial score (nSPS) is 13.0. The highest BCUT2D eigenvalue weighted by molar-refractivity contribution is 5.80. The summed E-state index contributed by atoms with van der Waals surface area (Å²) >= 11 is 0. The third-order valence-electron chi connectivity index (χ3n) is 1.34. The second kappa shape index (κ2) is 4.82. The van der Waals surface area contributed by atoms with Gasteiger partial charge >= 0.3 is 5.91 Å². The number of carbonyl (C=O) groups is 1. The zero-order valence-corrected chi connectivity index (χ0v) is 7.27. The molecule has 0 aromatic rings. The highest BCUT2D eigenvalue weighted by Gasteiger charge is 2.28. The van der Waals surface area contributed by atoms with E-state index < -0.39 is 10.7 Å². The minimum Gasteiger partial charge on any atom is -0.219 e. The van der Waals surface area contributed by atoms with Crippen molar-refractivity contribution in [3.8, 4) is 0 Å². The fourth-order valence-electron chi connectivity index (χ4n) is 0.524. The Morgan fingerprint density at radius 1 is 1.42 bits per heavy atom. The molecule has 1 amide bonds. The molecule has 0 aliphatic rings. The van der Waals surface area contributed by atoms with Crippen LogP contribution in [0.2, 0.25) is 0 Å². The summed E-state index contributed by atoms with van der Waals surface area (Å²) in [5.41, 5.74) is 0. The third-order valence-corrected chi connectivity index (χ3v) is 1.34. The average Bonchev–Trinajstić information content (AvgIpc) is 2.05. The summed E-state index contributed by atoms with van der Waals surface area (Å²) in [6, 6.07) is 0. The zero-order chi connectivity index (χ0) is 9.61. The summed E-state index contributed by atoms with van der Waals surface area (Å²) in [5, 5.41) is 17.9. The molecule has 0 fully saturated rings. The molecule has 0 aromatic heterocycles. The van der Waals surface area contributed by atoms with Gasteiger partial charge in [0.15, 0.2) is 0 Å². The Kier molecular flexibility index (Phi) is 4.43. The maximum absolute atomic E-state index is 10.9. The molecule has 0 saturated carbocycles. The predicted octanol–water partition coefficient (Wildman–Crippen LogP) is 1.26. The summed E-state index contributed by atoms with van der Waals surface area (Å²) < 4.78 is 0. The molecule has 12 heavy (non-hydrogen) atoms. The van der Waals surface area contributed by atoms with Gasteiger partial charge in [-0.05, 0) is 13.8 Å². The lowest BCUT2D eigenvalue weighted by Crippen LogP contribution is -2.45. The van der Waals surface area contributed by atoms with E-state index in [1.165, 1.54) is 13.0 Å². The molecule has 0 heterocycles. The minimum atomic E-state index is -1.59. The molecule has 0 aliphatic carbocycles. The number of hydrogen-bond acceptors (Lipinski definition) is 3. The van der Waals surface area contributed by atoms with E-state index in [0.717, 1.165) is 6.08 Å². The lowest BCUT2D eigenvalue weighted by molar-refractivity contribution is -1.19. The predicted molar refractivity (Wildman–Crippen MR) is 43.3 cm³/mol. The molecule has 0 saturated heterocycles. The molecular weight excluding hydrogens is 158 g/mol. The summed E-state index contributed by atoms with van der Waals surface area (Å²) in [4.78, 5) is 9.33. The number of nitrogens with zero attached hydrogens (tertiary/aromatic N) is 1. The van der Waals surface area contributed by atoms with Crippen molar-refractivity contribution < 1.29 is 20.0 Å². The van der Waals surface area contributed by atoms with E-state index in [0.29, 0.717) is 0 Å². The second-order valence-electron chi connectivity index (χ2n) is 2.27. The number of hydroxylamine groups is 4. The maximum Gasteiger partial charge on any atom is 0.403 e. The molecule has 0 aliphatic heterocycles. The Bertz CT molecular complexity index is 206. The van der Waals surface area contributed by atoms with Crippen LogP contribution in [0.15, 0.2) is 24.3 Å². The number of carbonyl (C=O) groups excluding carboxylic acids is 1. The molecule has 0 bridgehead atoms. The number of quaternary nitrogens is 1. The first-order valence-corrected chi connectivity index (χ1v) is 3.72. The van der Waals surface area contributed by atoms with Crippen molar-refractivity contribution in [2.75, 3.05) is 6.54 Å². The van der Waals surface area contributed by atoms with Gasteiger partial charge in [0, 0.05) is 10.9 Å². The number of allylic oxidation sites excluding steroid dienone is 3. The maximum atomic E-state index is 10.9. The van der Waals surface area contributed by atoms with Crippen LogP contribution in [0.5, 0.6) is 0 Å². The standard InChI is InChI=1S/C8H14NO3/c1-3-5-6-7-8(10)9(11,12)4-2/h3,5-7,11-12H,4H2,1-2H3/q+1. The summed E-state index contributed by atoms with van der Waals surface area (Å²) in [7, 11) is 0. The Morgan fingerprint density at radius 3 is 2.42 bits per heavy atom. The van der Waals surface area contributed by atoms with E-state index in [9.17, 15) is 4.79 Å². The fourth-order valence-corrected chi connectivity index (χ4v) is 0.524. The van der Waals surface area contributed by atoms with Crippen LogP contribution in [0.3, 0.4) is 0 Å². The van der Waals surface area contributed by atoms with Crippen molar-refractivity contribution >= 4 is 5.91 Å². The SMILES string of the molecule is CC=CC=CC(=O)[N+](O)(O)CC. The highest BCUT2D eigenvalue weighted by atomic mass is 16.8. The van der Waals surface area contributed by atoms with Crippen LogP contribution in [-0.2, 0) is 4.79 Å². The Labute approximate surface area is 71.5 Å². The van der Waals surface area contributed by atoms with Gasteiger partial charge in [-0.3, -0.25) is 0 Å². The van der Waals surface area contributed by atoms with E-state index in [1.54, 1.807) is 19.1 Å². The van der Waals surface area contributed by atoms with Crippen LogP contribution in [0, 0.1) is 0 Å². The van der Waals surface area contributed by atoms with E-state index in [-0.39, 0.29) is 6.54 Å². The first-order chi connectivity index (χ1) is 5.54. The zero-order valence-electron chi connectivity index (χ0n) is 7.27. The van der Waals surface area contributed by atoms with Gasteiger partial charge in [-0.25, -0.2) is 4.79 Å². The van der Waals surface area contributed by atoms with Crippen LogP contribution in [0.25, 0.3) is 0 Å². The molecule has 4 nitrogen and oxygen atoms in total. The minimum absolute atomic E-state index is 0.0704. The molecule has 0 rings (SSSR count). The first-order valence-electron chi connectivity index (χ1n) is 3.72. The highest BCUT2D eigenvalue weighted by Crippen LogP contribution is 1.97. The quantitative estimate of drug-likeness (QED) is 0.221. The summed E-state index contributed by atoms with van der Waals surface area (Å²) in [6.45, 7) is 3.23. The van der Waals surface area contributed by atoms with Crippen molar-refractivity contribution in [1.29, 1.82) is 0 Å². The van der Waals surface area contributed by atoms with Gasteiger partial charge in [-0.2, -0.15) is 10.4 Å². The van der Waals surface area contributed by atoms with Gasteiger partial charge in [0.05, 0.1) is 0 Å². The van der Waals surface area contributed by atoms with Crippen LogP contribution in [-0.4, -0.2) is 27.7 Å². The van der Waals surface area contributed by atoms with Gasteiger partial charge in [0.25, 0.3) is 0 Å². The molecule has 0 unspecified atom stereocenters. The molecule has 0 radical (unpaired) electrons. The van der Waals surface area contributed by atoms with E-state index in [4.69, 9.17) is 10.4 Å². The fraction of sp³-hybridized carbons (Fsp3) is 0.375. The largest absolute Gasteiger partial charge is 0.403 e. The Balaban J connectivity index is 4.21. The average molecular weight is 172 g/mol. The van der Waals surface area contributed by atoms with Crippen LogP contribution < -0.4 is 0 Å². The first kappa shape index (κ1) is 11.0. The lowest BCUT2D eigenvalue weighted by Gasteiger charge is -2.13. The van der Waals surface area contributed by atoms with Crippen molar-refractivity contribution in [2.45, 2.75) is 13.8 Å². The number of amides is 1. The molecule has 4 heteroatoms.